The zero-order valence-electron chi connectivity index (χ0n) is 5.14. The molecule has 0 spiro atoms. The van der Waals surface area contributed by atoms with Gasteiger partial charge in [0.25, 0.3) is 0 Å². The van der Waals surface area contributed by atoms with Gasteiger partial charge in [0.2, 0.25) is 0 Å². The van der Waals surface area contributed by atoms with Gasteiger partial charge in [-0.05, 0) is 12.5 Å². The first-order valence-corrected chi connectivity index (χ1v) is 2.35. The fourth-order valence-electron chi connectivity index (χ4n) is 0.380. The highest BCUT2D eigenvalue weighted by atomic mass is 16.5. The lowest BCUT2D eigenvalue weighted by Gasteiger charge is -1.92. The fraction of sp³-hybridized carbons (Fsp3) is 0.500. The van der Waals surface area contributed by atoms with Crippen LogP contribution in [0.3, 0.4) is 0 Å². The Balaban J connectivity index is 3.49. The zero-order valence-corrected chi connectivity index (χ0v) is 5.14. The van der Waals surface area contributed by atoms with Crippen molar-refractivity contribution in [1.29, 1.82) is 5.26 Å². The third-order valence-corrected chi connectivity index (χ3v) is 0.683. The molecule has 44 valence electrons. The number of rotatable bonds is 2. The Hall–Kier alpha value is -0.810. The number of allylic oxidation sites excluding steroid dienone is 1. The fourth-order valence-corrected chi connectivity index (χ4v) is 0.380. The molecule has 2 nitrogen and oxygen atoms in total. The maximum Gasteiger partial charge on any atom is 0.0912 e. The number of methoxy groups -OCH3 is 1. The lowest BCUT2D eigenvalue weighted by atomic mass is 10.3. The van der Waals surface area contributed by atoms with E-state index in [4.69, 9.17) is 10.00 Å². The standard InChI is InChI=1S/C6H9NO/c1-6(3-4-7)5-8-2/h3H,5H2,1-2H3/b6-3-. The van der Waals surface area contributed by atoms with Crippen LogP contribution in [0.5, 0.6) is 0 Å². The molecule has 0 aliphatic heterocycles. The molecule has 0 atom stereocenters. The molecule has 0 bridgehead atoms. The van der Waals surface area contributed by atoms with Crippen LogP contribution in [0, 0.1) is 11.3 Å². The summed E-state index contributed by atoms with van der Waals surface area (Å²) >= 11 is 0. The molecule has 0 rings (SSSR count). The summed E-state index contributed by atoms with van der Waals surface area (Å²) in [6.07, 6.45) is 1.48. The summed E-state index contributed by atoms with van der Waals surface area (Å²) in [7, 11) is 1.61. The van der Waals surface area contributed by atoms with E-state index in [1.54, 1.807) is 7.11 Å². The molecule has 0 amide bonds. The van der Waals surface area contributed by atoms with Crippen LogP contribution in [0.1, 0.15) is 6.92 Å². The SMILES string of the molecule is COC/C(C)=C\C#N. The molecule has 0 unspecified atom stereocenters. The first-order chi connectivity index (χ1) is 3.81. The maximum absolute atomic E-state index is 8.08. The molecule has 2 heteroatoms. The van der Waals surface area contributed by atoms with Crippen LogP contribution in [0.2, 0.25) is 0 Å². The summed E-state index contributed by atoms with van der Waals surface area (Å²) in [6, 6.07) is 1.91. The lowest BCUT2D eigenvalue weighted by molar-refractivity contribution is 0.226. The third-order valence-electron chi connectivity index (χ3n) is 0.683. The van der Waals surface area contributed by atoms with Crippen molar-refractivity contribution >= 4 is 0 Å². The van der Waals surface area contributed by atoms with Gasteiger partial charge in [-0.25, -0.2) is 0 Å². The average molecular weight is 111 g/mol. The highest BCUT2D eigenvalue weighted by Gasteiger charge is 1.82. The van der Waals surface area contributed by atoms with Gasteiger partial charge in [0.15, 0.2) is 0 Å². The van der Waals surface area contributed by atoms with Gasteiger partial charge in [-0.2, -0.15) is 5.26 Å². The van der Waals surface area contributed by atoms with E-state index in [9.17, 15) is 0 Å². The minimum atomic E-state index is 0.549. The Bertz CT molecular complexity index is 121. The summed E-state index contributed by atoms with van der Waals surface area (Å²) in [6.45, 7) is 2.40. The van der Waals surface area contributed by atoms with E-state index < -0.39 is 0 Å². The molecule has 0 N–H and O–H groups in total. The molecule has 0 aromatic rings. The topological polar surface area (TPSA) is 33.0 Å². The molecule has 0 aliphatic carbocycles. The minimum absolute atomic E-state index is 0.549. The van der Waals surface area contributed by atoms with E-state index >= 15 is 0 Å². The Kier molecular flexibility index (Phi) is 3.91. The molecule has 0 saturated carbocycles. The second-order valence-corrected chi connectivity index (χ2v) is 1.55. The minimum Gasteiger partial charge on any atom is -0.380 e. The van der Waals surface area contributed by atoms with Crippen molar-refractivity contribution in [2.45, 2.75) is 6.92 Å². The van der Waals surface area contributed by atoms with E-state index in [-0.39, 0.29) is 0 Å². The van der Waals surface area contributed by atoms with Gasteiger partial charge >= 0.3 is 0 Å². The third kappa shape index (κ3) is 3.38. The van der Waals surface area contributed by atoms with Gasteiger partial charge in [0, 0.05) is 13.2 Å². The number of hydrogen-bond donors (Lipinski definition) is 0. The van der Waals surface area contributed by atoms with Crippen LogP contribution in [0.15, 0.2) is 11.6 Å². The van der Waals surface area contributed by atoms with Crippen molar-refractivity contribution < 1.29 is 4.74 Å². The van der Waals surface area contributed by atoms with Crippen molar-refractivity contribution in [2.75, 3.05) is 13.7 Å². The maximum atomic E-state index is 8.08. The molecule has 0 saturated heterocycles. The highest BCUT2D eigenvalue weighted by molar-refractivity contribution is 5.10. The molecule has 0 aromatic heterocycles. The van der Waals surface area contributed by atoms with Crippen LogP contribution in [-0.4, -0.2) is 13.7 Å². The Morgan fingerprint density at radius 3 is 2.88 bits per heavy atom. The van der Waals surface area contributed by atoms with E-state index in [1.165, 1.54) is 6.08 Å². The summed E-state index contributed by atoms with van der Waals surface area (Å²) in [4.78, 5) is 0. The smallest absolute Gasteiger partial charge is 0.0912 e. The summed E-state index contributed by atoms with van der Waals surface area (Å²) in [5.74, 6) is 0. The quantitative estimate of drug-likeness (QED) is 0.500. The predicted molar refractivity (Wildman–Crippen MR) is 31.2 cm³/mol. The van der Waals surface area contributed by atoms with Crippen LogP contribution in [-0.2, 0) is 4.74 Å². The van der Waals surface area contributed by atoms with Gasteiger partial charge in [0.05, 0.1) is 12.7 Å². The second-order valence-electron chi connectivity index (χ2n) is 1.55. The van der Waals surface area contributed by atoms with Crippen molar-refractivity contribution in [2.24, 2.45) is 0 Å². The predicted octanol–water partition coefficient (Wildman–Crippen LogP) is 1.10. The molecule has 0 radical (unpaired) electrons. The van der Waals surface area contributed by atoms with Gasteiger partial charge in [0.1, 0.15) is 0 Å². The van der Waals surface area contributed by atoms with Crippen molar-refractivity contribution in [3.8, 4) is 6.07 Å². The molecule has 0 aliphatic rings. The number of nitriles is 1. The van der Waals surface area contributed by atoms with Gasteiger partial charge < -0.3 is 4.74 Å². The normalized spacial score (nSPS) is 10.9. The Labute approximate surface area is 49.4 Å². The summed E-state index contributed by atoms with van der Waals surface area (Å²) in [5.41, 5.74) is 0.954. The number of ether oxygens (including phenoxy) is 1. The van der Waals surface area contributed by atoms with Gasteiger partial charge in [-0.1, -0.05) is 0 Å². The van der Waals surface area contributed by atoms with Gasteiger partial charge in [-0.3, -0.25) is 0 Å². The number of nitrogens with zero attached hydrogens (tertiary/aromatic N) is 1. The molecule has 0 aromatic carbocycles. The second kappa shape index (κ2) is 4.35. The average Bonchev–Trinajstić information content (AvgIpc) is 1.68. The monoisotopic (exact) mass is 111 g/mol. The highest BCUT2D eigenvalue weighted by Crippen LogP contribution is 1.88. The molecular weight excluding hydrogens is 102 g/mol. The van der Waals surface area contributed by atoms with E-state index in [0.717, 1.165) is 5.57 Å². The van der Waals surface area contributed by atoms with Crippen LogP contribution < -0.4 is 0 Å². The first-order valence-electron chi connectivity index (χ1n) is 2.35. The summed E-state index contributed by atoms with van der Waals surface area (Å²) < 4.78 is 4.74. The largest absolute Gasteiger partial charge is 0.380 e. The van der Waals surface area contributed by atoms with Crippen LogP contribution >= 0.6 is 0 Å². The van der Waals surface area contributed by atoms with Gasteiger partial charge in [-0.15, -0.1) is 0 Å². The van der Waals surface area contributed by atoms with Crippen LogP contribution in [0.4, 0.5) is 0 Å². The zero-order chi connectivity index (χ0) is 6.41. The lowest BCUT2D eigenvalue weighted by Crippen LogP contribution is -1.87. The van der Waals surface area contributed by atoms with E-state index in [0.29, 0.717) is 6.61 Å². The molecule has 0 fully saturated rings. The summed E-state index contributed by atoms with van der Waals surface area (Å²) in [5, 5.41) is 8.08. The van der Waals surface area contributed by atoms with Crippen molar-refractivity contribution in [3.05, 3.63) is 11.6 Å². The number of hydrogen-bond acceptors (Lipinski definition) is 2. The van der Waals surface area contributed by atoms with Crippen molar-refractivity contribution in [1.82, 2.24) is 0 Å². The van der Waals surface area contributed by atoms with Crippen LogP contribution in [0.25, 0.3) is 0 Å². The van der Waals surface area contributed by atoms with E-state index in [2.05, 4.69) is 0 Å². The molecule has 0 heterocycles. The first kappa shape index (κ1) is 7.19. The molecular formula is C6H9NO. The molecule has 8 heavy (non-hydrogen) atoms. The Morgan fingerprint density at radius 1 is 1.88 bits per heavy atom. The van der Waals surface area contributed by atoms with Crippen molar-refractivity contribution in [3.63, 3.8) is 0 Å². The Morgan fingerprint density at radius 2 is 2.50 bits per heavy atom. The van der Waals surface area contributed by atoms with E-state index in [1.807, 2.05) is 13.0 Å².